The van der Waals surface area contributed by atoms with Crippen LogP contribution in [0.5, 0.6) is 0 Å². The quantitative estimate of drug-likeness (QED) is 0.598. The highest BCUT2D eigenvalue weighted by Crippen LogP contribution is 2.27. The molecule has 0 amide bonds. The van der Waals surface area contributed by atoms with Gasteiger partial charge < -0.3 is 9.47 Å². The summed E-state index contributed by atoms with van der Waals surface area (Å²) in [7, 11) is 2.25. The third-order valence-electron chi connectivity index (χ3n) is 3.00. The highest BCUT2D eigenvalue weighted by atomic mass is 19.3. The Bertz CT molecular complexity index is 506. The first-order valence-corrected chi connectivity index (χ1v) is 6.26. The molecule has 6 heteroatoms. The van der Waals surface area contributed by atoms with E-state index in [-0.39, 0.29) is 18.4 Å². The lowest BCUT2D eigenvalue weighted by Gasteiger charge is -2.13. The standard InChI is InChI=1S/C15H16F2O4/c1-20-14(18)12(15(19)21-2)9-8-11(13(16)17)10-6-4-3-5-7-10/h3-7,12H,8-9H2,1-2H3. The van der Waals surface area contributed by atoms with Gasteiger partial charge in [0.05, 0.1) is 14.2 Å². The van der Waals surface area contributed by atoms with E-state index in [2.05, 4.69) is 9.47 Å². The van der Waals surface area contributed by atoms with Crippen LogP contribution in [0.15, 0.2) is 36.4 Å². The van der Waals surface area contributed by atoms with Gasteiger partial charge in [-0.15, -0.1) is 0 Å². The maximum atomic E-state index is 13.0. The van der Waals surface area contributed by atoms with Crippen LogP contribution in [0, 0.1) is 5.92 Å². The highest BCUT2D eigenvalue weighted by molar-refractivity contribution is 5.95. The fourth-order valence-electron chi connectivity index (χ4n) is 1.89. The van der Waals surface area contributed by atoms with Crippen molar-refractivity contribution in [2.45, 2.75) is 12.8 Å². The highest BCUT2D eigenvalue weighted by Gasteiger charge is 2.29. The zero-order valence-corrected chi connectivity index (χ0v) is 11.8. The molecule has 0 aromatic heterocycles. The number of hydrogen-bond donors (Lipinski definition) is 0. The molecule has 0 heterocycles. The number of benzene rings is 1. The molecule has 1 aromatic rings. The molecule has 0 saturated heterocycles. The van der Waals surface area contributed by atoms with Gasteiger partial charge in [-0.1, -0.05) is 30.3 Å². The second-order valence-electron chi connectivity index (χ2n) is 4.24. The summed E-state index contributed by atoms with van der Waals surface area (Å²) < 4.78 is 35.1. The van der Waals surface area contributed by atoms with E-state index in [0.717, 1.165) is 14.2 Å². The Labute approximate surface area is 121 Å². The van der Waals surface area contributed by atoms with Gasteiger partial charge in [0.15, 0.2) is 5.92 Å². The van der Waals surface area contributed by atoms with E-state index in [1.165, 1.54) is 0 Å². The van der Waals surface area contributed by atoms with E-state index in [4.69, 9.17) is 0 Å². The SMILES string of the molecule is COC(=O)C(CCC(=C(F)F)c1ccccc1)C(=O)OC. The molecule has 1 rings (SSSR count). The van der Waals surface area contributed by atoms with Crippen molar-refractivity contribution >= 4 is 17.5 Å². The summed E-state index contributed by atoms with van der Waals surface area (Å²) in [5.74, 6) is -2.81. The molecule has 0 fully saturated rings. The molecular weight excluding hydrogens is 282 g/mol. The Kier molecular flexibility index (Phi) is 6.52. The van der Waals surface area contributed by atoms with E-state index >= 15 is 0 Å². The monoisotopic (exact) mass is 298 g/mol. The topological polar surface area (TPSA) is 52.6 Å². The molecule has 4 nitrogen and oxygen atoms in total. The second kappa shape index (κ2) is 8.14. The van der Waals surface area contributed by atoms with Crippen molar-refractivity contribution in [2.75, 3.05) is 14.2 Å². The second-order valence-corrected chi connectivity index (χ2v) is 4.24. The molecule has 0 bridgehead atoms. The zero-order valence-electron chi connectivity index (χ0n) is 11.8. The minimum absolute atomic E-state index is 0.110. The van der Waals surface area contributed by atoms with Crippen LogP contribution >= 0.6 is 0 Å². The lowest BCUT2D eigenvalue weighted by molar-refractivity contribution is -0.159. The van der Waals surface area contributed by atoms with Crippen molar-refractivity contribution in [3.05, 3.63) is 42.0 Å². The Morgan fingerprint density at radius 3 is 2.00 bits per heavy atom. The average Bonchev–Trinajstić information content (AvgIpc) is 2.50. The normalized spacial score (nSPS) is 10.1. The molecular formula is C15H16F2O4. The van der Waals surface area contributed by atoms with Crippen molar-refractivity contribution in [1.29, 1.82) is 0 Å². The van der Waals surface area contributed by atoms with E-state index in [9.17, 15) is 18.4 Å². The van der Waals surface area contributed by atoms with Crippen LogP contribution < -0.4 is 0 Å². The Balaban J connectivity index is 2.89. The van der Waals surface area contributed by atoms with Gasteiger partial charge in [0.1, 0.15) is 0 Å². The molecule has 0 atom stereocenters. The molecule has 0 saturated carbocycles. The third kappa shape index (κ3) is 4.66. The largest absolute Gasteiger partial charge is 0.468 e. The summed E-state index contributed by atoms with van der Waals surface area (Å²) in [5, 5.41) is 0. The van der Waals surface area contributed by atoms with Crippen molar-refractivity contribution in [1.82, 2.24) is 0 Å². The molecule has 0 N–H and O–H groups in total. The fraction of sp³-hybridized carbons (Fsp3) is 0.333. The fourth-order valence-corrected chi connectivity index (χ4v) is 1.89. The molecule has 114 valence electrons. The zero-order chi connectivity index (χ0) is 15.8. The summed E-state index contributed by atoms with van der Waals surface area (Å²) in [4.78, 5) is 23.0. The molecule has 0 radical (unpaired) electrons. The van der Waals surface area contributed by atoms with E-state index in [1.807, 2.05) is 0 Å². The predicted molar refractivity (Wildman–Crippen MR) is 72.3 cm³/mol. The van der Waals surface area contributed by atoms with Gasteiger partial charge in [-0.25, -0.2) is 0 Å². The Morgan fingerprint density at radius 2 is 1.57 bits per heavy atom. The van der Waals surface area contributed by atoms with Crippen LogP contribution in [0.3, 0.4) is 0 Å². The average molecular weight is 298 g/mol. The number of halogens is 2. The Morgan fingerprint density at radius 1 is 1.05 bits per heavy atom. The van der Waals surface area contributed by atoms with Crippen LogP contribution in [-0.4, -0.2) is 26.2 Å². The van der Waals surface area contributed by atoms with E-state index in [1.54, 1.807) is 30.3 Å². The molecule has 1 aromatic carbocycles. The summed E-state index contributed by atoms with van der Waals surface area (Å²) in [5.41, 5.74) is 0.152. The van der Waals surface area contributed by atoms with Crippen LogP contribution in [0.2, 0.25) is 0 Å². The summed E-state index contributed by atoms with van der Waals surface area (Å²) in [6.07, 6.45) is -2.09. The number of rotatable bonds is 6. The van der Waals surface area contributed by atoms with Crippen LogP contribution in [0.1, 0.15) is 18.4 Å². The first-order chi connectivity index (χ1) is 10.0. The molecule has 0 aliphatic carbocycles. The third-order valence-corrected chi connectivity index (χ3v) is 3.00. The van der Waals surface area contributed by atoms with E-state index in [0.29, 0.717) is 5.56 Å². The first kappa shape index (κ1) is 16.8. The van der Waals surface area contributed by atoms with Crippen LogP contribution in [0.25, 0.3) is 5.57 Å². The number of carbonyl (C=O) groups is 2. The van der Waals surface area contributed by atoms with Crippen LogP contribution in [-0.2, 0) is 19.1 Å². The van der Waals surface area contributed by atoms with Gasteiger partial charge in [-0.3, -0.25) is 9.59 Å². The summed E-state index contributed by atoms with van der Waals surface area (Å²) in [6.45, 7) is 0. The molecule has 0 aliphatic rings. The maximum absolute atomic E-state index is 13.0. The van der Waals surface area contributed by atoms with Crippen molar-refractivity contribution in [3.63, 3.8) is 0 Å². The van der Waals surface area contributed by atoms with Gasteiger partial charge in [0, 0.05) is 5.57 Å². The van der Waals surface area contributed by atoms with Gasteiger partial charge in [-0.2, -0.15) is 8.78 Å². The Hall–Kier alpha value is -2.24. The van der Waals surface area contributed by atoms with E-state index < -0.39 is 23.9 Å². The lowest BCUT2D eigenvalue weighted by Crippen LogP contribution is -2.26. The molecule has 0 spiro atoms. The minimum Gasteiger partial charge on any atom is -0.468 e. The first-order valence-electron chi connectivity index (χ1n) is 6.26. The number of hydrogen-bond acceptors (Lipinski definition) is 4. The minimum atomic E-state index is -1.84. The van der Waals surface area contributed by atoms with Gasteiger partial charge in [-0.05, 0) is 18.4 Å². The number of carbonyl (C=O) groups excluding carboxylic acids is 2. The molecule has 0 aliphatic heterocycles. The number of ether oxygens (including phenoxy) is 2. The number of allylic oxidation sites excluding steroid dienone is 1. The van der Waals surface area contributed by atoms with Crippen molar-refractivity contribution in [3.8, 4) is 0 Å². The number of esters is 2. The molecule has 0 unspecified atom stereocenters. The predicted octanol–water partition coefficient (Wildman–Crippen LogP) is 3.04. The van der Waals surface area contributed by atoms with Crippen molar-refractivity contribution < 1.29 is 27.8 Å². The van der Waals surface area contributed by atoms with Crippen molar-refractivity contribution in [2.24, 2.45) is 5.92 Å². The molecule has 21 heavy (non-hydrogen) atoms. The van der Waals surface area contributed by atoms with Gasteiger partial charge in [0.25, 0.3) is 6.08 Å². The van der Waals surface area contributed by atoms with Crippen LogP contribution in [0.4, 0.5) is 8.78 Å². The van der Waals surface area contributed by atoms with Gasteiger partial charge in [0.2, 0.25) is 0 Å². The summed E-state index contributed by atoms with van der Waals surface area (Å²) >= 11 is 0. The number of methoxy groups -OCH3 is 2. The van der Waals surface area contributed by atoms with Gasteiger partial charge >= 0.3 is 11.9 Å². The summed E-state index contributed by atoms with van der Waals surface area (Å²) in [6, 6.07) is 8.06. The smallest absolute Gasteiger partial charge is 0.320 e. The lowest BCUT2D eigenvalue weighted by atomic mass is 9.96. The maximum Gasteiger partial charge on any atom is 0.320 e.